The summed E-state index contributed by atoms with van der Waals surface area (Å²) in [5.74, 6) is -2.94. The Morgan fingerprint density at radius 3 is 2.61 bits per heavy atom. The van der Waals surface area contributed by atoms with Crippen molar-refractivity contribution in [3.63, 3.8) is 0 Å². The maximum absolute atomic E-state index is 13.6. The Morgan fingerprint density at radius 1 is 1.25 bits per heavy atom. The molecule has 4 rings (SSSR count). The number of ether oxygens (including phenoxy) is 1. The molecule has 3 heterocycles. The first kappa shape index (κ1) is 26.6. The predicted octanol–water partition coefficient (Wildman–Crippen LogP) is 4.18. The summed E-state index contributed by atoms with van der Waals surface area (Å²) in [4.78, 5) is 18.2. The van der Waals surface area contributed by atoms with Crippen LogP contribution in [0.1, 0.15) is 41.4 Å². The minimum atomic E-state index is -0.998. The summed E-state index contributed by atoms with van der Waals surface area (Å²) in [5.41, 5.74) is 5.54. The minimum absolute atomic E-state index is 0.183. The van der Waals surface area contributed by atoms with Crippen molar-refractivity contribution in [2.45, 2.75) is 37.6 Å². The van der Waals surface area contributed by atoms with Gasteiger partial charge in [0.25, 0.3) is 0 Å². The van der Waals surface area contributed by atoms with Crippen LogP contribution in [-0.2, 0) is 4.74 Å². The van der Waals surface area contributed by atoms with E-state index in [4.69, 9.17) is 15.7 Å². The van der Waals surface area contributed by atoms with Gasteiger partial charge in [-0.2, -0.15) is 5.26 Å². The number of carbonyl (C=O) groups is 1. The standard InChI is InChI=1S/C13H17N3O2.C12H7F3N2O/c1-15-12-8-16-5-3-11(12)13-7-9(17)6-10(18-13)2-4-14;13-6-2-1-3-7(14)11(6)12-8(15)4-9(16)10(5-18)17-12/h3,5,8-10,13,15,17H,2,6-7H2,1H3;1-5H,16H2/t9?,10-,13?;/m1./s1. The summed E-state index contributed by atoms with van der Waals surface area (Å²) in [6, 6.07) is 7.87. The highest BCUT2D eigenvalue weighted by atomic mass is 19.1. The van der Waals surface area contributed by atoms with Crippen molar-refractivity contribution < 1.29 is 27.8 Å². The third-order valence-electron chi connectivity index (χ3n) is 5.52. The van der Waals surface area contributed by atoms with Crippen LogP contribution >= 0.6 is 0 Å². The zero-order valence-electron chi connectivity index (χ0n) is 19.3. The van der Waals surface area contributed by atoms with Crippen LogP contribution in [0.2, 0.25) is 0 Å². The van der Waals surface area contributed by atoms with Crippen LogP contribution in [0.25, 0.3) is 11.3 Å². The highest BCUT2D eigenvalue weighted by Gasteiger charge is 2.30. The van der Waals surface area contributed by atoms with E-state index < -0.39 is 34.8 Å². The molecule has 1 saturated heterocycles. The van der Waals surface area contributed by atoms with Crippen LogP contribution in [0.5, 0.6) is 0 Å². The van der Waals surface area contributed by atoms with E-state index in [9.17, 15) is 23.1 Å². The first-order valence-electron chi connectivity index (χ1n) is 11.0. The minimum Gasteiger partial charge on any atom is -0.397 e. The van der Waals surface area contributed by atoms with Crippen molar-refractivity contribution in [2.24, 2.45) is 0 Å². The van der Waals surface area contributed by atoms with Gasteiger partial charge in [0.05, 0.1) is 53.9 Å². The number of hydrogen-bond acceptors (Lipinski definition) is 8. The van der Waals surface area contributed by atoms with E-state index in [2.05, 4.69) is 21.4 Å². The molecule has 0 radical (unpaired) electrons. The lowest BCUT2D eigenvalue weighted by molar-refractivity contribution is -0.0949. The molecule has 0 aliphatic carbocycles. The first-order valence-corrected chi connectivity index (χ1v) is 11.0. The van der Waals surface area contributed by atoms with Gasteiger partial charge in [0.1, 0.15) is 23.0 Å². The van der Waals surface area contributed by atoms with Crippen molar-refractivity contribution in [1.29, 1.82) is 5.26 Å². The van der Waals surface area contributed by atoms with Gasteiger partial charge in [-0.3, -0.25) is 9.78 Å². The summed E-state index contributed by atoms with van der Waals surface area (Å²) in [6.07, 6.45) is 4.34. The quantitative estimate of drug-likeness (QED) is 0.445. The zero-order chi connectivity index (χ0) is 26.2. The van der Waals surface area contributed by atoms with Crippen molar-refractivity contribution in [1.82, 2.24) is 9.97 Å². The number of nitrogens with two attached hydrogens (primary N) is 1. The molecule has 1 aliphatic heterocycles. The molecule has 0 amide bonds. The summed E-state index contributed by atoms with van der Waals surface area (Å²) < 4.78 is 46.5. The molecule has 3 atom stereocenters. The number of aliphatic hydroxyl groups excluding tert-OH is 1. The summed E-state index contributed by atoms with van der Waals surface area (Å²) in [5, 5.41) is 21.7. The number of rotatable bonds is 5. The molecular weight excluding hydrogens is 475 g/mol. The molecule has 1 aromatic carbocycles. The SMILES string of the molecule is CNc1cnccc1C1CC(O)C[C@@H](CC#N)O1.Nc1cc(F)c(-c2c(F)cccc2F)nc1C=O. The normalized spacial score (nSPS) is 18.9. The van der Waals surface area contributed by atoms with Crippen LogP contribution in [0.3, 0.4) is 0 Å². The smallest absolute Gasteiger partial charge is 0.170 e. The molecule has 0 saturated carbocycles. The van der Waals surface area contributed by atoms with Crippen molar-refractivity contribution in [3.05, 3.63) is 71.4 Å². The number of nitrogens with zero attached hydrogens (tertiary/aromatic N) is 3. The predicted molar refractivity (Wildman–Crippen MR) is 126 cm³/mol. The highest BCUT2D eigenvalue weighted by molar-refractivity contribution is 5.82. The Morgan fingerprint density at radius 2 is 1.97 bits per heavy atom. The number of aromatic nitrogens is 2. The van der Waals surface area contributed by atoms with Crippen LogP contribution in [0.15, 0.2) is 42.7 Å². The van der Waals surface area contributed by atoms with Gasteiger partial charge in [-0.15, -0.1) is 0 Å². The number of halogens is 3. The Bertz CT molecular complexity index is 1250. The van der Waals surface area contributed by atoms with Crippen LogP contribution in [-0.4, -0.2) is 40.6 Å². The number of nitriles is 1. The summed E-state index contributed by atoms with van der Waals surface area (Å²) >= 11 is 0. The van der Waals surface area contributed by atoms with Gasteiger partial charge in [0.15, 0.2) is 12.1 Å². The average molecular weight is 499 g/mol. The van der Waals surface area contributed by atoms with Gasteiger partial charge < -0.3 is 20.9 Å². The van der Waals surface area contributed by atoms with Gasteiger partial charge in [0, 0.05) is 37.7 Å². The number of aldehydes is 1. The second-order valence-electron chi connectivity index (χ2n) is 7.95. The molecule has 188 valence electrons. The van der Waals surface area contributed by atoms with E-state index >= 15 is 0 Å². The number of nitrogen functional groups attached to an aromatic ring is 1. The number of pyridine rings is 2. The Balaban J connectivity index is 0.000000201. The van der Waals surface area contributed by atoms with Crippen LogP contribution in [0.4, 0.5) is 24.5 Å². The van der Waals surface area contributed by atoms with E-state index in [0.29, 0.717) is 19.3 Å². The van der Waals surface area contributed by atoms with Gasteiger partial charge >= 0.3 is 0 Å². The molecule has 36 heavy (non-hydrogen) atoms. The van der Waals surface area contributed by atoms with Gasteiger partial charge in [-0.05, 0) is 18.2 Å². The lowest BCUT2D eigenvalue weighted by Crippen LogP contribution is -2.31. The summed E-state index contributed by atoms with van der Waals surface area (Å²) in [6.45, 7) is 0. The number of nitrogens with one attached hydrogen (secondary N) is 1. The van der Waals surface area contributed by atoms with Crippen molar-refractivity contribution >= 4 is 17.7 Å². The number of hydrogen-bond donors (Lipinski definition) is 3. The monoisotopic (exact) mass is 499 g/mol. The fourth-order valence-electron chi connectivity index (χ4n) is 3.83. The van der Waals surface area contributed by atoms with E-state index in [-0.39, 0.29) is 29.9 Å². The zero-order valence-corrected chi connectivity index (χ0v) is 19.3. The van der Waals surface area contributed by atoms with Crippen molar-refractivity contribution in [2.75, 3.05) is 18.1 Å². The average Bonchev–Trinajstić information content (AvgIpc) is 2.85. The molecule has 2 unspecified atom stereocenters. The van der Waals surface area contributed by atoms with E-state index in [1.807, 2.05) is 13.1 Å². The van der Waals surface area contributed by atoms with E-state index in [1.165, 1.54) is 0 Å². The first-order chi connectivity index (χ1) is 17.3. The Hall–Kier alpha value is -4.01. The van der Waals surface area contributed by atoms with Gasteiger partial charge in [0.2, 0.25) is 0 Å². The number of carbonyl (C=O) groups excluding carboxylic acids is 1. The maximum atomic E-state index is 13.6. The molecule has 4 N–H and O–H groups in total. The second-order valence-corrected chi connectivity index (χ2v) is 7.95. The Labute approximate surface area is 205 Å². The highest BCUT2D eigenvalue weighted by Crippen LogP contribution is 2.35. The molecule has 2 aromatic heterocycles. The molecule has 1 fully saturated rings. The molecular formula is C25H24F3N5O3. The maximum Gasteiger partial charge on any atom is 0.170 e. The van der Waals surface area contributed by atoms with Gasteiger partial charge in [-0.1, -0.05) is 6.07 Å². The Kier molecular flexibility index (Phi) is 8.94. The second kappa shape index (κ2) is 12.1. The number of anilines is 2. The molecule has 11 heteroatoms. The number of benzene rings is 1. The lowest BCUT2D eigenvalue weighted by atomic mass is 9.95. The largest absolute Gasteiger partial charge is 0.397 e. The molecule has 3 aromatic rings. The van der Waals surface area contributed by atoms with E-state index in [1.54, 1.807) is 12.4 Å². The third-order valence-corrected chi connectivity index (χ3v) is 5.52. The molecule has 8 nitrogen and oxygen atoms in total. The lowest BCUT2D eigenvalue weighted by Gasteiger charge is -2.33. The van der Waals surface area contributed by atoms with Crippen molar-refractivity contribution in [3.8, 4) is 17.3 Å². The van der Waals surface area contributed by atoms with E-state index in [0.717, 1.165) is 35.5 Å². The fraction of sp³-hybridized carbons (Fsp3) is 0.280. The molecule has 0 bridgehead atoms. The van der Waals surface area contributed by atoms with Crippen LogP contribution in [0, 0.1) is 28.8 Å². The summed E-state index contributed by atoms with van der Waals surface area (Å²) in [7, 11) is 1.83. The fourth-order valence-corrected chi connectivity index (χ4v) is 3.83. The topological polar surface area (TPSA) is 134 Å². The van der Waals surface area contributed by atoms with Crippen LogP contribution < -0.4 is 11.1 Å². The third kappa shape index (κ3) is 6.16. The number of aliphatic hydroxyl groups is 1. The molecule has 0 spiro atoms. The van der Waals surface area contributed by atoms with Gasteiger partial charge in [-0.25, -0.2) is 18.2 Å². The molecule has 1 aliphatic rings.